The fourth-order valence-electron chi connectivity index (χ4n) is 3.62. The minimum absolute atomic E-state index is 0.342. The predicted octanol–water partition coefficient (Wildman–Crippen LogP) is 4.66. The number of fused-ring (bicyclic) bond motifs is 1. The molecule has 0 spiro atoms. The van der Waals surface area contributed by atoms with Crippen LogP contribution in [0.5, 0.6) is 0 Å². The van der Waals surface area contributed by atoms with Gasteiger partial charge in [0.25, 0.3) is 0 Å². The van der Waals surface area contributed by atoms with E-state index in [1.54, 1.807) is 0 Å². The van der Waals surface area contributed by atoms with Gasteiger partial charge in [-0.05, 0) is 60.8 Å². The van der Waals surface area contributed by atoms with Gasteiger partial charge in [0.2, 0.25) is 0 Å². The maximum Gasteiger partial charge on any atom is 0.0897 e. The molecule has 0 amide bonds. The molecule has 2 nitrogen and oxygen atoms in total. The van der Waals surface area contributed by atoms with Gasteiger partial charge in [-0.2, -0.15) is 0 Å². The van der Waals surface area contributed by atoms with E-state index in [4.69, 9.17) is 0 Å². The second kappa shape index (κ2) is 5.10. The van der Waals surface area contributed by atoms with Crippen LogP contribution in [0.2, 0.25) is 0 Å². The summed E-state index contributed by atoms with van der Waals surface area (Å²) in [5.74, 6) is 0.708. The van der Waals surface area contributed by atoms with Crippen LogP contribution in [0.3, 0.4) is 0 Å². The number of hydrogen-bond donors (Lipinski definition) is 1. The van der Waals surface area contributed by atoms with Gasteiger partial charge in [0, 0.05) is 11.6 Å². The van der Waals surface area contributed by atoms with Crippen molar-refractivity contribution in [3.8, 4) is 0 Å². The van der Waals surface area contributed by atoms with Crippen molar-refractivity contribution in [3.05, 3.63) is 42.1 Å². The number of benzene rings is 1. The molecule has 0 unspecified atom stereocenters. The molecule has 0 radical (unpaired) electrons. The Morgan fingerprint density at radius 2 is 1.86 bits per heavy atom. The van der Waals surface area contributed by atoms with Crippen molar-refractivity contribution in [2.75, 3.05) is 0 Å². The van der Waals surface area contributed by atoms with Crippen molar-refractivity contribution in [1.82, 2.24) is 4.98 Å². The van der Waals surface area contributed by atoms with Crippen LogP contribution in [0.25, 0.3) is 10.9 Å². The summed E-state index contributed by atoms with van der Waals surface area (Å²) in [6, 6.07) is 10.2. The zero-order chi connectivity index (χ0) is 15.1. The number of rotatable bonds is 1. The van der Waals surface area contributed by atoms with Crippen LogP contribution in [0.4, 0.5) is 0 Å². The number of hydrogen-bond acceptors (Lipinski definition) is 2. The third kappa shape index (κ3) is 2.82. The maximum atomic E-state index is 11.1. The first kappa shape index (κ1) is 14.5. The van der Waals surface area contributed by atoms with E-state index in [0.29, 0.717) is 11.3 Å². The van der Waals surface area contributed by atoms with Crippen LogP contribution in [-0.4, -0.2) is 10.1 Å². The van der Waals surface area contributed by atoms with Gasteiger partial charge in [-0.25, -0.2) is 0 Å². The molecule has 1 fully saturated rings. The summed E-state index contributed by atoms with van der Waals surface area (Å²) in [6.45, 7) is 6.93. The van der Waals surface area contributed by atoms with Crippen molar-refractivity contribution in [1.29, 1.82) is 0 Å². The highest BCUT2D eigenvalue weighted by molar-refractivity contribution is 5.79. The second-order valence-corrected chi connectivity index (χ2v) is 7.58. The standard InChI is InChI=1S/C19H25NO/c1-18(2,3)15-8-10-19(21,11-9-15)16-6-7-17-14(13-16)5-4-12-20-17/h4-7,12-13,15,21H,8-11H2,1-3H3. The van der Waals surface area contributed by atoms with Gasteiger partial charge < -0.3 is 5.11 Å². The SMILES string of the molecule is CC(C)(C)C1CCC(O)(c2ccc3ncccc3c2)CC1. The van der Waals surface area contributed by atoms with Crippen molar-refractivity contribution < 1.29 is 5.11 Å². The summed E-state index contributed by atoms with van der Waals surface area (Å²) in [5.41, 5.74) is 1.73. The first-order chi connectivity index (χ1) is 9.88. The minimum atomic E-state index is -0.661. The molecule has 1 heterocycles. The smallest absolute Gasteiger partial charge is 0.0897 e. The molecular formula is C19H25NO. The Morgan fingerprint density at radius 3 is 2.52 bits per heavy atom. The quantitative estimate of drug-likeness (QED) is 0.825. The van der Waals surface area contributed by atoms with E-state index in [9.17, 15) is 5.11 Å². The Bertz CT molecular complexity index is 633. The second-order valence-electron chi connectivity index (χ2n) is 7.58. The fraction of sp³-hybridized carbons (Fsp3) is 0.526. The molecule has 1 aromatic carbocycles. The molecule has 1 saturated carbocycles. The number of aromatic nitrogens is 1. The van der Waals surface area contributed by atoms with Crippen LogP contribution < -0.4 is 0 Å². The molecule has 112 valence electrons. The van der Waals surface area contributed by atoms with Gasteiger partial charge in [0.15, 0.2) is 0 Å². The largest absolute Gasteiger partial charge is 0.385 e. The molecule has 0 atom stereocenters. The zero-order valence-corrected chi connectivity index (χ0v) is 13.3. The van der Waals surface area contributed by atoms with Crippen LogP contribution in [0.15, 0.2) is 36.5 Å². The number of aliphatic hydroxyl groups is 1. The van der Waals surface area contributed by atoms with E-state index in [1.165, 1.54) is 0 Å². The van der Waals surface area contributed by atoms with E-state index >= 15 is 0 Å². The molecule has 1 N–H and O–H groups in total. The number of nitrogens with zero attached hydrogens (tertiary/aromatic N) is 1. The summed E-state index contributed by atoms with van der Waals surface area (Å²) in [4.78, 5) is 4.35. The van der Waals surface area contributed by atoms with E-state index in [0.717, 1.165) is 42.1 Å². The highest BCUT2D eigenvalue weighted by Gasteiger charge is 2.38. The topological polar surface area (TPSA) is 33.1 Å². The molecule has 0 saturated heterocycles. The molecule has 2 aromatic rings. The average molecular weight is 283 g/mol. The van der Waals surface area contributed by atoms with Crippen molar-refractivity contribution in [2.24, 2.45) is 11.3 Å². The Labute approximate surface area is 127 Å². The van der Waals surface area contributed by atoms with E-state index in [-0.39, 0.29) is 0 Å². The van der Waals surface area contributed by atoms with Crippen molar-refractivity contribution in [2.45, 2.75) is 52.1 Å². The van der Waals surface area contributed by atoms with Gasteiger partial charge >= 0.3 is 0 Å². The van der Waals surface area contributed by atoms with Crippen molar-refractivity contribution in [3.63, 3.8) is 0 Å². The molecular weight excluding hydrogens is 258 g/mol. The number of pyridine rings is 1. The Morgan fingerprint density at radius 1 is 1.14 bits per heavy atom. The van der Waals surface area contributed by atoms with Gasteiger partial charge in [-0.15, -0.1) is 0 Å². The maximum absolute atomic E-state index is 11.1. The van der Waals surface area contributed by atoms with Crippen molar-refractivity contribution >= 4 is 10.9 Å². The zero-order valence-electron chi connectivity index (χ0n) is 13.3. The van der Waals surface area contributed by atoms with Gasteiger partial charge in [0.1, 0.15) is 0 Å². The molecule has 3 rings (SSSR count). The molecule has 2 heteroatoms. The monoisotopic (exact) mass is 283 g/mol. The Hall–Kier alpha value is -1.41. The lowest BCUT2D eigenvalue weighted by molar-refractivity contribution is -0.0297. The molecule has 1 aromatic heterocycles. The molecule has 1 aliphatic carbocycles. The first-order valence-electron chi connectivity index (χ1n) is 7.96. The predicted molar refractivity (Wildman–Crippen MR) is 87.1 cm³/mol. The third-order valence-electron chi connectivity index (χ3n) is 5.18. The molecule has 0 aliphatic heterocycles. The van der Waals surface area contributed by atoms with Crippen LogP contribution in [-0.2, 0) is 5.60 Å². The lowest BCUT2D eigenvalue weighted by Gasteiger charge is -2.41. The summed E-state index contributed by atoms with van der Waals surface area (Å²) in [6.07, 6.45) is 5.74. The molecule has 21 heavy (non-hydrogen) atoms. The molecule has 1 aliphatic rings. The highest BCUT2D eigenvalue weighted by atomic mass is 16.3. The van der Waals surface area contributed by atoms with E-state index in [2.05, 4.69) is 37.9 Å². The highest BCUT2D eigenvalue weighted by Crippen LogP contribution is 2.45. The fourth-order valence-corrected chi connectivity index (χ4v) is 3.62. The van der Waals surface area contributed by atoms with E-state index in [1.807, 2.05) is 24.4 Å². The summed E-state index contributed by atoms with van der Waals surface area (Å²) >= 11 is 0. The third-order valence-corrected chi connectivity index (χ3v) is 5.18. The lowest BCUT2D eigenvalue weighted by atomic mass is 9.67. The minimum Gasteiger partial charge on any atom is -0.385 e. The lowest BCUT2D eigenvalue weighted by Crippen LogP contribution is -2.35. The van der Waals surface area contributed by atoms with Gasteiger partial charge in [-0.3, -0.25) is 4.98 Å². The Kier molecular flexibility index (Phi) is 3.53. The van der Waals surface area contributed by atoms with Gasteiger partial charge in [0.05, 0.1) is 11.1 Å². The molecule has 0 bridgehead atoms. The van der Waals surface area contributed by atoms with Crippen LogP contribution >= 0.6 is 0 Å². The van der Waals surface area contributed by atoms with Crippen LogP contribution in [0, 0.1) is 11.3 Å². The van der Waals surface area contributed by atoms with Crippen LogP contribution in [0.1, 0.15) is 52.0 Å². The summed E-state index contributed by atoms with van der Waals surface area (Å²) < 4.78 is 0. The summed E-state index contributed by atoms with van der Waals surface area (Å²) in [5, 5.41) is 12.2. The Balaban J connectivity index is 1.85. The van der Waals surface area contributed by atoms with E-state index < -0.39 is 5.60 Å². The normalized spacial score (nSPS) is 27.0. The first-order valence-corrected chi connectivity index (χ1v) is 7.96. The summed E-state index contributed by atoms with van der Waals surface area (Å²) in [7, 11) is 0. The average Bonchev–Trinajstić information content (AvgIpc) is 2.46. The van der Waals surface area contributed by atoms with Gasteiger partial charge in [-0.1, -0.05) is 32.9 Å².